The third kappa shape index (κ3) is 3.90. The molecule has 6 nitrogen and oxygen atoms in total. The Labute approximate surface area is 148 Å². The van der Waals surface area contributed by atoms with Gasteiger partial charge in [0, 0.05) is 12.1 Å². The summed E-state index contributed by atoms with van der Waals surface area (Å²) in [5.41, 5.74) is 0.737. The van der Waals surface area contributed by atoms with E-state index in [1.54, 1.807) is 18.2 Å². The standard InChI is InChI=1S/C18H16F2N2O4/c1-10(22-18(24)12-3-4-13(19)14(20)7-12)17(23)21-8-11-2-5-15-16(6-11)26-9-25-15/h2-7,10H,8-9H2,1H3,(H,21,23)(H,22,24)/t10-/m1/s1. The zero-order valence-corrected chi connectivity index (χ0v) is 13.8. The number of halogens is 2. The number of amides is 2. The summed E-state index contributed by atoms with van der Waals surface area (Å²) in [6.07, 6.45) is 0. The summed E-state index contributed by atoms with van der Waals surface area (Å²) in [5, 5.41) is 5.12. The average molecular weight is 362 g/mol. The first-order valence-corrected chi connectivity index (χ1v) is 7.86. The normalized spacial score (nSPS) is 13.2. The van der Waals surface area contributed by atoms with Gasteiger partial charge >= 0.3 is 0 Å². The van der Waals surface area contributed by atoms with Gasteiger partial charge in [-0.3, -0.25) is 9.59 Å². The van der Waals surface area contributed by atoms with E-state index in [0.717, 1.165) is 23.8 Å². The number of hydrogen-bond donors (Lipinski definition) is 2. The van der Waals surface area contributed by atoms with E-state index in [1.165, 1.54) is 6.92 Å². The van der Waals surface area contributed by atoms with E-state index in [1.807, 2.05) is 0 Å². The third-order valence-electron chi connectivity index (χ3n) is 3.83. The van der Waals surface area contributed by atoms with Gasteiger partial charge in [0.25, 0.3) is 5.91 Å². The monoisotopic (exact) mass is 362 g/mol. The minimum Gasteiger partial charge on any atom is -0.454 e. The second kappa shape index (κ2) is 7.38. The molecule has 0 unspecified atom stereocenters. The van der Waals surface area contributed by atoms with Crippen LogP contribution in [0.25, 0.3) is 0 Å². The molecule has 0 saturated carbocycles. The second-order valence-corrected chi connectivity index (χ2v) is 5.73. The van der Waals surface area contributed by atoms with Gasteiger partial charge in [0.2, 0.25) is 12.7 Å². The molecule has 1 atom stereocenters. The molecule has 1 heterocycles. The molecule has 1 aliphatic heterocycles. The fourth-order valence-electron chi connectivity index (χ4n) is 2.38. The number of nitrogens with one attached hydrogen (secondary N) is 2. The number of carbonyl (C=O) groups is 2. The molecular weight excluding hydrogens is 346 g/mol. The Balaban J connectivity index is 1.54. The highest BCUT2D eigenvalue weighted by Crippen LogP contribution is 2.32. The van der Waals surface area contributed by atoms with Crippen molar-refractivity contribution in [2.24, 2.45) is 0 Å². The highest BCUT2D eigenvalue weighted by molar-refractivity contribution is 5.97. The predicted molar refractivity (Wildman–Crippen MR) is 87.7 cm³/mol. The fourth-order valence-corrected chi connectivity index (χ4v) is 2.38. The van der Waals surface area contributed by atoms with E-state index in [0.29, 0.717) is 11.5 Å². The summed E-state index contributed by atoms with van der Waals surface area (Å²) in [5.74, 6) is -2.01. The molecule has 2 amide bonds. The molecule has 3 rings (SSSR count). The van der Waals surface area contributed by atoms with Gasteiger partial charge in [-0.1, -0.05) is 6.07 Å². The largest absolute Gasteiger partial charge is 0.454 e. The topological polar surface area (TPSA) is 76.7 Å². The van der Waals surface area contributed by atoms with E-state index in [-0.39, 0.29) is 18.9 Å². The summed E-state index contributed by atoms with van der Waals surface area (Å²) in [6, 6.07) is 7.22. The van der Waals surface area contributed by atoms with Gasteiger partial charge in [-0.2, -0.15) is 0 Å². The lowest BCUT2D eigenvalue weighted by Gasteiger charge is -2.14. The zero-order chi connectivity index (χ0) is 18.7. The minimum absolute atomic E-state index is 0.0701. The van der Waals surface area contributed by atoms with Gasteiger partial charge in [-0.25, -0.2) is 8.78 Å². The van der Waals surface area contributed by atoms with Crippen LogP contribution in [-0.4, -0.2) is 24.6 Å². The Kier molecular flexibility index (Phi) is 5.01. The first-order valence-electron chi connectivity index (χ1n) is 7.86. The smallest absolute Gasteiger partial charge is 0.252 e. The molecule has 1 aliphatic rings. The Bertz CT molecular complexity index is 857. The molecule has 2 aromatic carbocycles. The van der Waals surface area contributed by atoms with Crippen molar-refractivity contribution in [3.63, 3.8) is 0 Å². The van der Waals surface area contributed by atoms with Crippen molar-refractivity contribution in [2.45, 2.75) is 19.5 Å². The SMILES string of the molecule is C[C@@H](NC(=O)c1ccc(F)c(F)c1)C(=O)NCc1ccc2c(c1)OCO2. The zero-order valence-electron chi connectivity index (χ0n) is 13.8. The van der Waals surface area contributed by atoms with Crippen LogP contribution >= 0.6 is 0 Å². The van der Waals surface area contributed by atoms with Crippen LogP contribution in [0.5, 0.6) is 11.5 Å². The summed E-state index contributed by atoms with van der Waals surface area (Å²) in [6.45, 7) is 1.89. The molecule has 0 spiro atoms. The summed E-state index contributed by atoms with van der Waals surface area (Å²) in [4.78, 5) is 24.1. The predicted octanol–water partition coefficient (Wildman–Crippen LogP) is 2.13. The molecule has 0 aliphatic carbocycles. The fraction of sp³-hybridized carbons (Fsp3) is 0.222. The van der Waals surface area contributed by atoms with Gasteiger partial charge in [0.15, 0.2) is 23.1 Å². The number of rotatable bonds is 5. The van der Waals surface area contributed by atoms with Crippen molar-refractivity contribution in [1.29, 1.82) is 0 Å². The molecule has 2 N–H and O–H groups in total. The van der Waals surface area contributed by atoms with Crippen LogP contribution in [0.2, 0.25) is 0 Å². The third-order valence-corrected chi connectivity index (χ3v) is 3.83. The van der Waals surface area contributed by atoms with Crippen LogP contribution in [0.15, 0.2) is 36.4 Å². The van der Waals surface area contributed by atoms with Crippen molar-refractivity contribution in [2.75, 3.05) is 6.79 Å². The summed E-state index contributed by atoms with van der Waals surface area (Å²) in [7, 11) is 0. The van der Waals surface area contributed by atoms with E-state index in [4.69, 9.17) is 9.47 Å². The highest BCUT2D eigenvalue weighted by atomic mass is 19.2. The molecule has 0 fully saturated rings. The lowest BCUT2D eigenvalue weighted by atomic mass is 10.1. The Hall–Kier alpha value is -3.16. The van der Waals surface area contributed by atoms with Crippen LogP contribution in [0.3, 0.4) is 0 Å². The van der Waals surface area contributed by atoms with Crippen molar-refractivity contribution in [3.8, 4) is 11.5 Å². The van der Waals surface area contributed by atoms with Gasteiger partial charge in [0.1, 0.15) is 6.04 Å². The van der Waals surface area contributed by atoms with Crippen molar-refractivity contribution < 1.29 is 27.8 Å². The minimum atomic E-state index is -1.13. The Morgan fingerprint density at radius 2 is 1.85 bits per heavy atom. The molecule has 0 aromatic heterocycles. The first-order chi connectivity index (χ1) is 12.4. The van der Waals surface area contributed by atoms with Gasteiger partial charge in [0.05, 0.1) is 0 Å². The van der Waals surface area contributed by atoms with Gasteiger partial charge in [-0.05, 0) is 42.8 Å². The molecule has 26 heavy (non-hydrogen) atoms. The number of benzene rings is 2. The average Bonchev–Trinajstić information content (AvgIpc) is 3.09. The van der Waals surface area contributed by atoms with E-state index < -0.39 is 29.5 Å². The van der Waals surface area contributed by atoms with Crippen molar-refractivity contribution >= 4 is 11.8 Å². The highest BCUT2D eigenvalue weighted by Gasteiger charge is 2.18. The van der Waals surface area contributed by atoms with E-state index in [2.05, 4.69) is 10.6 Å². The molecule has 2 aromatic rings. The van der Waals surface area contributed by atoms with Gasteiger partial charge < -0.3 is 20.1 Å². The van der Waals surface area contributed by atoms with Crippen LogP contribution < -0.4 is 20.1 Å². The Morgan fingerprint density at radius 1 is 1.08 bits per heavy atom. The van der Waals surface area contributed by atoms with Crippen molar-refractivity contribution in [3.05, 3.63) is 59.2 Å². The lowest BCUT2D eigenvalue weighted by molar-refractivity contribution is -0.122. The molecule has 0 bridgehead atoms. The lowest BCUT2D eigenvalue weighted by Crippen LogP contribution is -2.44. The number of fused-ring (bicyclic) bond motifs is 1. The maximum atomic E-state index is 13.2. The molecular formula is C18H16F2N2O4. The van der Waals surface area contributed by atoms with Crippen molar-refractivity contribution in [1.82, 2.24) is 10.6 Å². The summed E-state index contributed by atoms with van der Waals surface area (Å²) >= 11 is 0. The van der Waals surface area contributed by atoms with Crippen LogP contribution in [0.4, 0.5) is 8.78 Å². The number of hydrogen-bond acceptors (Lipinski definition) is 4. The molecule has 0 radical (unpaired) electrons. The van der Waals surface area contributed by atoms with Gasteiger partial charge in [-0.15, -0.1) is 0 Å². The van der Waals surface area contributed by atoms with E-state index in [9.17, 15) is 18.4 Å². The Morgan fingerprint density at radius 3 is 2.62 bits per heavy atom. The number of carbonyl (C=O) groups excluding carboxylic acids is 2. The molecule has 8 heteroatoms. The van der Waals surface area contributed by atoms with E-state index >= 15 is 0 Å². The maximum absolute atomic E-state index is 13.2. The maximum Gasteiger partial charge on any atom is 0.252 e. The summed E-state index contributed by atoms with van der Waals surface area (Å²) < 4.78 is 36.6. The van der Waals surface area contributed by atoms with Crippen LogP contribution in [0.1, 0.15) is 22.8 Å². The molecule has 136 valence electrons. The van der Waals surface area contributed by atoms with Crippen LogP contribution in [-0.2, 0) is 11.3 Å². The van der Waals surface area contributed by atoms with Crippen LogP contribution in [0, 0.1) is 11.6 Å². The second-order valence-electron chi connectivity index (χ2n) is 5.73. The molecule has 0 saturated heterocycles. The number of ether oxygens (including phenoxy) is 2. The quantitative estimate of drug-likeness (QED) is 0.854. The first kappa shape index (κ1) is 17.7.